The fourth-order valence-electron chi connectivity index (χ4n) is 4.27. The fraction of sp³-hybridized carbons (Fsp3) is 0.565. The normalized spacial score (nSPS) is 16.0. The van der Waals surface area contributed by atoms with E-state index >= 15 is 0 Å². The van der Waals surface area contributed by atoms with Crippen LogP contribution in [0, 0.1) is 0 Å². The largest absolute Gasteiger partial charge is 0.325 e. The molecule has 2 aliphatic heterocycles. The molecular weight excluding hydrogens is 346 g/mol. The number of hydrogen-bond acceptors (Lipinski definition) is 4. The molecule has 0 N–H and O–H groups in total. The van der Waals surface area contributed by atoms with E-state index in [0.29, 0.717) is 0 Å². The van der Waals surface area contributed by atoms with Crippen molar-refractivity contribution in [2.75, 3.05) is 50.3 Å². The first-order valence-corrected chi connectivity index (χ1v) is 10.7. The van der Waals surface area contributed by atoms with Gasteiger partial charge >= 0.3 is 0 Å². The standard InChI is InChI=1S/C20H28N5.C3H8/c1-25(2,15-23-11-3-5-17-13-21-9-7-19(17)23)16-24-12-4-6-18-14-22-10-8-20(18)24;1-3-2/h7-10,13-14H,3-6,11-12,15-16H2,1-2H3;3H2,1-2H3/q+1;. The second kappa shape index (κ2) is 9.37. The fourth-order valence-corrected chi connectivity index (χ4v) is 4.27. The van der Waals surface area contributed by atoms with Crippen LogP contribution in [0.5, 0.6) is 0 Å². The Morgan fingerprint density at radius 1 is 0.821 bits per heavy atom. The predicted molar refractivity (Wildman–Crippen MR) is 118 cm³/mol. The lowest BCUT2D eigenvalue weighted by atomic mass is 10.0. The van der Waals surface area contributed by atoms with Crippen LogP contribution in [0.25, 0.3) is 0 Å². The van der Waals surface area contributed by atoms with Crippen LogP contribution >= 0.6 is 0 Å². The number of rotatable bonds is 4. The van der Waals surface area contributed by atoms with Crippen LogP contribution in [0.2, 0.25) is 0 Å². The number of anilines is 2. The van der Waals surface area contributed by atoms with Gasteiger partial charge in [0, 0.05) is 49.3 Å². The van der Waals surface area contributed by atoms with Crippen molar-refractivity contribution in [1.82, 2.24) is 9.97 Å². The van der Waals surface area contributed by atoms with Gasteiger partial charge in [-0.3, -0.25) is 14.5 Å². The Labute approximate surface area is 170 Å². The van der Waals surface area contributed by atoms with Gasteiger partial charge in [0.1, 0.15) is 0 Å². The second-order valence-corrected chi connectivity index (χ2v) is 8.67. The molecule has 0 fully saturated rings. The van der Waals surface area contributed by atoms with E-state index in [9.17, 15) is 0 Å². The number of nitrogens with zero attached hydrogens (tertiary/aromatic N) is 5. The van der Waals surface area contributed by atoms with E-state index in [1.54, 1.807) is 0 Å². The topological polar surface area (TPSA) is 32.3 Å². The Morgan fingerprint density at radius 3 is 1.68 bits per heavy atom. The Kier molecular flexibility index (Phi) is 6.89. The van der Waals surface area contributed by atoms with Crippen LogP contribution in [0.4, 0.5) is 11.4 Å². The molecule has 0 saturated carbocycles. The molecule has 5 nitrogen and oxygen atoms in total. The molecule has 0 bridgehead atoms. The SMILES string of the molecule is CCC.C[N+](C)(CN1CCCc2cnccc21)CN1CCCc2cnccc21. The van der Waals surface area contributed by atoms with E-state index in [0.717, 1.165) is 43.8 Å². The summed E-state index contributed by atoms with van der Waals surface area (Å²) in [5, 5.41) is 0. The molecule has 152 valence electrons. The van der Waals surface area contributed by atoms with Gasteiger partial charge in [-0.2, -0.15) is 0 Å². The lowest BCUT2D eigenvalue weighted by Crippen LogP contribution is -2.55. The van der Waals surface area contributed by atoms with Gasteiger partial charge in [-0.05, 0) is 48.9 Å². The van der Waals surface area contributed by atoms with E-state index < -0.39 is 0 Å². The Balaban J connectivity index is 0.000000706. The summed E-state index contributed by atoms with van der Waals surface area (Å²) in [7, 11) is 4.68. The van der Waals surface area contributed by atoms with Gasteiger partial charge in [-0.1, -0.05) is 20.3 Å². The average molecular weight is 383 g/mol. The van der Waals surface area contributed by atoms with Gasteiger partial charge in [0.25, 0.3) is 0 Å². The van der Waals surface area contributed by atoms with Gasteiger partial charge in [-0.15, -0.1) is 0 Å². The molecule has 2 aromatic rings. The molecule has 0 saturated heterocycles. The van der Waals surface area contributed by atoms with E-state index in [1.165, 1.54) is 41.8 Å². The smallest absolute Gasteiger partial charge is 0.155 e. The average Bonchev–Trinajstić information content (AvgIpc) is 2.69. The molecule has 0 amide bonds. The number of aromatic nitrogens is 2. The van der Waals surface area contributed by atoms with Crippen molar-refractivity contribution >= 4 is 11.4 Å². The first-order valence-electron chi connectivity index (χ1n) is 10.7. The van der Waals surface area contributed by atoms with E-state index in [4.69, 9.17) is 0 Å². The maximum atomic E-state index is 4.30. The van der Waals surface area contributed by atoms with Crippen molar-refractivity contribution < 1.29 is 4.48 Å². The number of quaternary nitrogens is 1. The van der Waals surface area contributed by atoms with Crippen LogP contribution in [0.1, 0.15) is 44.2 Å². The van der Waals surface area contributed by atoms with Crippen LogP contribution in [0.3, 0.4) is 0 Å². The second-order valence-electron chi connectivity index (χ2n) is 8.67. The summed E-state index contributed by atoms with van der Waals surface area (Å²) >= 11 is 0. The zero-order chi connectivity index (χ0) is 20.0. The van der Waals surface area contributed by atoms with Gasteiger partial charge in [0.05, 0.1) is 14.1 Å². The van der Waals surface area contributed by atoms with Crippen LogP contribution < -0.4 is 9.80 Å². The van der Waals surface area contributed by atoms with Crippen molar-refractivity contribution in [2.24, 2.45) is 0 Å². The summed E-state index contributed by atoms with van der Waals surface area (Å²) in [4.78, 5) is 13.7. The van der Waals surface area contributed by atoms with Gasteiger partial charge in [0.15, 0.2) is 13.3 Å². The lowest BCUT2D eigenvalue weighted by Gasteiger charge is -2.42. The highest BCUT2D eigenvalue weighted by Gasteiger charge is 2.28. The van der Waals surface area contributed by atoms with Crippen LogP contribution in [-0.2, 0) is 12.8 Å². The van der Waals surface area contributed by atoms with Gasteiger partial charge in [-0.25, -0.2) is 0 Å². The van der Waals surface area contributed by atoms with Crippen molar-refractivity contribution in [3.63, 3.8) is 0 Å². The summed E-state index contributed by atoms with van der Waals surface area (Å²) < 4.78 is 0.948. The molecule has 28 heavy (non-hydrogen) atoms. The third-order valence-electron chi connectivity index (χ3n) is 5.29. The van der Waals surface area contributed by atoms with Crippen LogP contribution in [0.15, 0.2) is 36.9 Å². The molecule has 0 aliphatic carbocycles. The zero-order valence-corrected chi connectivity index (χ0v) is 18.1. The number of hydrogen-bond donors (Lipinski definition) is 0. The molecule has 5 heteroatoms. The molecular formula is C23H36N5+. The monoisotopic (exact) mass is 382 g/mol. The third kappa shape index (κ3) is 5.02. The highest BCUT2D eigenvalue weighted by molar-refractivity contribution is 5.54. The summed E-state index contributed by atoms with van der Waals surface area (Å²) in [5.41, 5.74) is 5.53. The highest BCUT2D eigenvalue weighted by Crippen LogP contribution is 2.29. The minimum Gasteiger partial charge on any atom is -0.325 e. The Hall–Kier alpha value is -2.14. The van der Waals surface area contributed by atoms with Crippen molar-refractivity contribution in [2.45, 2.75) is 46.0 Å². The molecule has 0 spiro atoms. The molecule has 0 radical (unpaired) electrons. The highest BCUT2D eigenvalue weighted by atomic mass is 15.5. The van der Waals surface area contributed by atoms with Crippen molar-refractivity contribution in [3.05, 3.63) is 48.0 Å². The Bertz CT molecular complexity index is 697. The molecule has 4 heterocycles. The molecule has 2 aliphatic rings. The number of pyridine rings is 2. The first-order chi connectivity index (χ1) is 13.5. The molecule has 4 rings (SSSR count). The molecule has 0 aromatic carbocycles. The Morgan fingerprint density at radius 2 is 1.25 bits per heavy atom. The van der Waals surface area contributed by atoms with Gasteiger partial charge < -0.3 is 9.80 Å². The molecule has 2 aromatic heterocycles. The number of fused-ring (bicyclic) bond motifs is 2. The van der Waals surface area contributed by atoms with Crippen LogP contribution in [-0.4, -0.2) is 55.0 Å². The van der Waals surface area contributed by atoms with Crippen molar-refractivity contribution in [1.29, 1.82) is 0 Å². The lowest BCUT2D eigenvalue weighted by molar-refractivity contribution is -0.889. The number of aryl methyl sites for hydroxylation is 2. The maximum absolute atomic E-state index is 4.30. The summed E-state index contributed by atoms with van der Waals surface area (Å²) in [6.07, 6.45) is 13.9. The summed E-state index contributed by atoms with van der Waals surface area (Å²) in [6.45, 7) is 8.57. The van der Waals surface area contributed by atoms with E-state index in [-0.39, 0.29) is 0 Å². The first kappa shape index (κ1) is 20.6. The predicted octanol–water partition coefficient (Wildman–Crippen LogP) is 4.09. The van der Waals surface area contributed by atoms with E-state index in [1.807, 2.05) is 24.8 Å². The quantitative estimate of drug-likeness (QED) is 0.746. The molecule has 0 atom stereocenters. The zero-order valence-electron chi connectivity index (χ0n) is 18.1. The van der Waals surface area contributed by atoms with E-state index in [2.05, 4.69) is 59.8 Å². The van der Waals surface area contributed by atoms with Gasteiger partial charge in [0.2, 0.25) is 0 Å². The van der Waals surface area contributed by atoms with Crippen molar-refractivity contribution in [3.8, 4) is 0 Å². The third-order valence-corrected chi connectivity index (χ3v) is 5.29. The minimum atomic E-state index is 0.948. The summed E-state index contributed by atoms with van der Waals surface area (Å²) in [6, 6.07) is 4.35. The minimum absolute atomic E-state index is 0.948. The molecule has 0 unspecified atom stereocenters. The maximum Gasteiger partial charge on any atom is 0.155 e. The summed E-state index contributed by atoms with van der Waals surface area (Å²) in [5.74, 6) is 0.